The van der Waals surface area contributed by atoms with Crippen molar-refractivity contribution in [2.45, 2.75) is 11.8 Å². The molecule has 13 heteroatoms. The van der Waals surface area contributed by atoms with Crippen LogP contribution in [0.2, 0.25) is 5.02 Å². The fraction of sp³-hybridized carbons (Fsp3) is 0.115. The molecule has 1 heterocycles. The van der Waals surface area contributed by atoms with Gasteiger partial charge in [0.2, 0.25) is 0 Å². The molecular formula is C26H22ClN3O8S. The second-order valence-corrected chi connectivity index (χ2v) is 11.0. The Labute approximate surface area is 227 Å². The van der Waals surface area contributed by atoms with Crippen LogP contribution in [0.15, 0.2) is 59.5 Å². The highest BCUT2D eigenvalue weighted by Crippen LogP contribution is 2.47. The van der Waals surface area contributed by atoms with E-state index in [4.69, 9.17) is 22.1 Å². The van der Waals surface area contributed by atoms with Gasteiger partial charge in [-0.1, -0.05) is 36.7 Å². The Kier molecular flexibility index (Phi) is 7.52. The van der Waals surface area contributed by atoms with Crippen LogP contribution in [0.25, 0.3) is 22.0 Å². The van der Waals surface area contributed by atoms with Gasteiger partial charge in [-0.15, -0.1) is 0 Å². The van der Waals surface area contributed by atoms with Crippen molar-refractivity contribution in [2.75, 3.05) is 17.7 Å². The van der Waals surface area contributed by atoms with Crippen LogP contribution in [0.3, 0.4) is 0 Å². The minimum atomic E-state index is -4.20. The van der Waals surface area contributed by atoms with Crippen molar-refractivity contribution >= 4 is 55.8 Å². The molecule has 1 aromatic heterocycles. The lowest BCUT2D eigenvalue weighted by Gasteiger charge is -2.20. The second kappa shape index (κ2) is 10.7. The first kappa shape index (κ1) is 27.5. The summed E-state index contributed by atoms with van der Waals surface area (Å²) in [6, 6.07) is 13.6. The molecule has 11 nitrogen and oxygen atoms in total. The molecule has 0 radical (unpaired) electrons. The second-order valence-electron chi connectivity index (χ2n) is 8.31. The van der Waals surface area contributed by atoms with Crippen molar-refractivity contribution in [3.05, 3.63) is 70.9 Å². The number of nitrogens with two attached hydrogens (primary N) is 1. The average Bonchev–Trinajstić information content (AvgIpc) is 3.27. The number of carbonyl (C=O) groups excluding carboxylic acids is 2. The number of phenols is 1. The molecule has 0 atom stereocenters. The summed E-state index contributed by atoms with van der Waals surface area (Å²) in [5.41, 5.74) is 3.57. The predicted molar refractivity (Wildman–Crippen MR) is 144 cm³/mol. The number of para-hydroxylation sites is 1. The molecule has 0 aliphatic carbocycles. The van der Waals surface area contributed by atoms with Gasteiger partial charge in [-0.3, -0.25) is 9.59 Å². The summed E-state index contributed by atoms with van der Waals surface area (Å²) in [7, 11) is -4.20. The molecule has 4 rings (SSSR count). The number of carboxylic acid groups (broad SMARTS) is 1. The van der Waals surface area contributed by atoms with Gasteiger partial charge in [-0.05, 0) is 36.4 Å². The van der Waals surface area contributed by atoms with E-state index in [0.29, 0.717) is 5.75 Å². The first-order chi connectivity index (χ1) is 18.4. The highest BCUT2D eigenvalue weighted by molar-refractivity contribution is 7.91. The van der Waals surface area contributed by atoms with Crippen LogP contribution in [0, 0.1) is 0 Å². The molecule has 0 unspecified atom stereocenters. The van der Waals surface area contributed by atoms with Crippen molar-refractivity contribution in [1.82, 2.24) is 4.98 Å². The summed E-state index contributed by atoms with van der Waals surface area (Å²) in [5, 5.41) is 23.8. The summed E-state index contributed by atoms with van der Waals surface area (Å²) in [6.45, 7) is 0.775. The lowest BCUT2D eigenvalue weighted by molar-refractivity contribution is -0.118. The number of amides is 2. The molecule has 6 N–H and O–H groups in total. The molecule has 0 fully saturated rings. The highest BCUT2D eigenvalue weighted by Gasteiger charge is 2.32. The number of rotatable bonds is 9. The Hall–Kier alpha value is -4.55. The standard InChI is InChI=1S/C26H22ClN3O8S/c1-2-39(36,37)18-11-16(25(28)33)24(32)22(30-19(31)12-38-14-6-4-3-5-7-14)21(18)20-15-10-13(27)8-9-17(15)29-23(20)26(34)35/h3-11,29,32H,2,12H2,1H3,(H2,28,33)(H,30,31)(H,34,35). The van der Waals surface area contributed by atoms with Crippen molar-refractivity contribution in [2.24, 2.45) is 5.73 Å². The molecule has 0 bridgehead atoms. The third kappa shape index (κ3) is 5.38. The monoisotopic (exact) mass is 571 g/mol. The minimum absolute atomic E-state index is 0.183. The Balaban J connectivity index is 2.03. The quantitative estimate of drug-likeness (QED) is 0.187. The van der Waals surface area contributed by atoms with Gasteiger partial charge in [-0.2, -0.15) is 0 Å². The van der Waals surface area contributed by atoms with Gasteiger partial charge in [0.15, 0.2) is 22.2 Å². The van der Waals surface area contributed by atoms with Gasteiger partial charge >= 0.3 is 5.97 Å². The molecule has 3 aromatic carbocycles. The molecule has 0 aliphatic rings. The number of benzene rings is 3. The van der Waals surface area contributed by atoms with E-state index in [1.807, 2.05) is 0 Å². The maximum absolute atomic E-state index is 13.3. The zero-order valence-electron chi connectivity index (χ0n) is 20.3. The summed E-state index contributed by atoms with van der Waals surface area (Å²) < 4.78 is 32.0. The van der Waals surface area contributed by atoms with E-state index in [0.717, 1.165) is 6.07 Å². The van der Waals surface area contributed by atoms with Crippen LogP contribution >= 0.6 is 11.6 Å². The highest BCUT2D eigenvalue weighted by atomic mass is 35.5. The van der Waals surface area contributed by atoms with Gasteiger partial charge < -0.3 is 31.0 Å². The molecule has 4 aromatic rings. The zero-order valence-corrected chi connectivity index (χ0v) is 21.9. The van der Waals surface area contributed by atoms with Crippen LogP contribution in [0.1, 0.15) is 27.8 Å². The zero-order chi connectivity index (χ0) is 28.5. The van der Waals surface area contributed by atoms with E-state index >= 15 is 0 Å². The molecule has 0 saturated heterocycles. The number of primary amides is 1. The van der Waals surface area contributed by atoms with Gasteiger partial charge in [0.1, 0.15) is 11.4 Å². The third-order valence-corrected chi connectivity index (χ3v) is 7.83. The molecule has 202 valence electrons. The van der Waals surface area contributed by atoms with Crippen LogP contribution in [0.5, 0.6) is 11.5 Å². The van der Waals surface area contributed by atoms with Crippen molar-refractivity contribution in [1.29, 1.82) is 0 Å². The molecule has 0 saturated carbocycles. The number of ether oxygens (including phenoxy) is 1. The van der Waals surface area contributed by atoms with Gasteiger partial charge in [0.25, 0.3) is 11.8 Å². The Bertz CT molecular complexity index is 1730. The van der Waals surface area contributed by atoms with E-state index in [1.165, 1.54) is 25.1 Å². The fourth-order valence-corrected chi connectivity index (χ4v) is 5.33. The molecular weight excluding hydrogens is 550 g/mol. The molecule has 39 heavy (non-hydrogen) atoms. The molecule has 0 spiro atoms. The van der Waals surface area contributed by atoms with Gasteiger partial charge in [-0.25, -0.2) is 13.2 Å². The number of nitrogens with one attached hydrogen (secondary N) is 2. The lowest BCUT2D eigenvalue weighted by Crippen LogP contribution is -2.23. The summed E-state index contributed by atoms with van der Waals surface area (Å²) >= 11 is 6.17. The van der Waals surface area contributed by atoms with Crippen molar-refractivity contribution in [3.63, 3.8) is 0 Å². The largest absolute Gasteiger partial charge is 0.505 e. The molecule has 2 amide bonds. The number of carboxylic acids is 1. The predicted octanol–water partition coefficient (Wildman–Crippen LogP) is 3.80. The number of hydrogen-bond acceptors (Lipinski definition) is 7. The fourth-order valence-electron chi connectivity index (χ4n) is 4.03. The van der Waals surface area contributed by atoms with Crippen LogP contribution in [0.4, 0.5) is 5.69 Å². The number of aromatic hydroxyl groups is 1. The minimum Gasteiger partial charge on any atom is -0.505 e. The summed E-state index contributed by atoms with van der Waals surface area (Å²) in [6.07, 6.45) is 0. The van der Waals surface area contributed by atoms with E-state index in [9.17, 15) is 33.0 Å². The van der Waals surface area contributed by atoms with E-state index in [-0.39, 0.29) is 27.1 Å². The number of aromatic carboxylic acids is 1. The number of aromatic amines is 1. The normalized spacial score (nSPS) is 11.3. The SMILES string of the molecule is CCS(=O)(=O)c1cc(C(N)=O)c(O)c(NC(=O)COc2ccccc2)c1-c1c(C(=O)O)[nH]c2ccc(Cl)cc12. The lowest BCUT2D eigenvalue weighted by atomic mass is 9.96. The first-order valence-electron chi connectivity index (χ1n) is 11.4. The molecule has 0 aliphatic heterocycles. The number of aromatic nitrogens is 1. The van der Waals surface area contributed by atoms with E-state index in [1.54, 1.807) is 30.3 Å². The summed E-state index contributed by atoms with van der Waals surface area (Å²) in [4.78, 5) is 39.6. The smallest absolute Gasteiger partial charge is 0.352 e. The number of carbonyl (C=O) groups is 3. The maximum atomic E-state index is 13.3. The van der Waals surface area contributed by atoms with Crippen LogP contribution in [-0.4, -0.2) is 53.8 Å². The van der Waals surface area contributed by atoms with Crippen molar-refractivity contribution in [3.8, 4) is 22.6 Å². The number of anilines is 1. The Morgan fingerprint density at radius 3 is 2.38 bits per heavy atom. The maximum Gasteiger partial charge on any atom is 0.352 e. The van der Waals surface area contributed by atoms with Gasteiger partial charge in [0, 0.05) is 27.1 Å². The number of H-pyrrole nitrogens is 1. The summed E-state index contributed by atoms with van der Waals surface area (Å²) in [5.74, 6) is -4.43. The van der Waals surface area contributed by atoms with E-state index < -0.39 is 67.6 Å². The topological polar surface area (TPSA) is 189 Å². The van der Waals surface area contributed by atoms with Crippen LogP contribution < -0.4 is 15.8 Å². The number of fused-ring (bicyclic) bond motifs is 1. The number of sulfone groups is 1. The third-order valence-electron chi connectivity index (χ3n) is 5.85. The van der Waals surface area contributed by atoms with Crippen LogP contribution in [-0.2, 0) is 14.6 Å². The number of halogens is 1. The first-order valence-corrected chi connectivity index (χ1v) is 13.4. The Morgan fingerprint density at radius 1 is 1.08 bits per heavy atom. The van der Waals surface area contributed by atoms with E-state index in [2.05, 4.69) is 10.3 Å². The number of hydrogen-bond donors (Lipinski definition) is 5. The van der Waals surface area contributed by atoms with Crippen molar-refractivity contribution < 1.29 is 37.8 Å². The average molecular weight is 572 g/mol. The Morgan fingerprint density at radius 2 is 1.77 bits per heavy atom. The van der Waals surface area contributed by atoms with Gasteiger partial charge in [0.05, 0.1) is 21.9 Å².